The molecule has 1 rings (SSSR count). The first kappa shape index (κ1) is 11.2. The highest BCUT2D eigenvalue weighted by atomic mass is 15.1. The largest absolute Gasteiger partial charge is 0.337 e. The van der Waals surface area contributed by atoms with Crippen LogP contribution < -0.4 is 5.32 Å². The molecular formula is C11H21N3. The molecule has 0 bridgehead atoms. The molecule has 14 heavy (non-hydrogen) atoms. The molecule has 0 aliphatic carbocycles. The van der Waals surface area contributed by atoms with Gasteiger partial charge >= 0.3 is 0 Å². The van der Waals surface area contributed by atoms with Gasteiger partial charge in [-0.1, -0.05) is 13.8 Å². The van der Waals surface area contributed by atoms with E-state index in [0.29, 0.717) is 6.04 Å². The van der Waals surface area contributed by atoms with Gasteiger partial charge in [-0.15, -0.1) is 0 Å². The van der Waals surface area contributed by atoms with Crippen molar-refractivity contribution in [2.75, 3.05) is 6.54 Å². The molecule has 0 amide bonds. The normalized spacial score (nSPS) is 13.5. The van der Waals surface area contributed by atoms with Gasteiger partial charge in [0.2, 0.25) is 0 Å². The third-order valence-corrected chi connectivity index (χ3v) is 2.42. The van der Waals surface area contributed by atoms with Gasteiger partial charge in [0.25, 0.3) is 0 Å². The molecule has 3 heteroatoms. The van der Waals surface area contributed by atoms with Crippen molar-refractivity contribution in [3.05, 3.63) is 18.2 Å². The molecule has 1 aromatic heterocycles. The fourth-order valence-electron chi connectivity index (χ4n) is 1.47. The zero-order valence-electron chi connectivity index (χ0n) is 9.62. The molecule has 1 N–H and O–H groups in total. The number of hydrogen-bond acceptors (Lipinski definition) is 2. The minimum absolute atomic E-state index is 0.341. The van der Waals surface area contributed by atoms with Gasteiger partial charge in [0, 0.05) is 19.4 Å². The van der Waals surface area contributed by atoms with Crippen LogP contribution in [-0.4, -0.2) is 16.1 Å². The Hall–Kier alpha value is -0.830. The van der Waals surface area contributed by atoms with Gasteiger partial charge in [-0.3, -0.25) is 0 Å². The highest BCUT2D eigenvalue weighted by molar-refractivity contribution is 4.96. The first-order valence-corrected chi connectivity index (χ1v) is 5.32. The van der Waals surface area contributed by atoms with Gasteiger partial charge < -0.3 is 9.88 Å². The van der Waals surface area contributed by atoms with E-state index in [0.717, 1.165) is 18.3 Å². The molecule has 1 atom stereocenters. The first-order chi connectivity index (χ1) is 6.61. The molecular weight excluding hydrogens is 174 g/mol. The number of nitrogens with one attached hydrogen (secondary N) is 1. The summed E-state index contributed by atoms with van der Waals surface area (Å²) in [6.45, 7) is 7.70. The Morgan fingerprint density at radius 3 is 2.64 bits per heavy atom. The zero-order valence-corrected chi connectivity index (χ0v) is 9.62. The third kappa shape index (κ3) is 3.14. The molecule has 0 spiro atoms. The van der Waals surface area contributed by atoms with Crippen molar-refractivity contribution >= 4 is 0 Å². The molecule has 1 unspecified atom stereocenters. The zero-order chi connectivity index (χ0) is 10.6. The van der Waals surface area contributed by atoms with E-state index in [1.807, 2.05) is 19.4 Å². The maximum Gasteiger partial charge on any atom is 0.125 e. The first-order valence-electron chi connectivity index (χ1n) is 5.32. The minimum Gasteiger partial charge on any atom is -0.337 e. The Morgan fingerprint density at radius 1 is 1.43 bits per heavy atom. The number of aromatic nitrogens is 2. The fourth-order valence-corrected chi connectivity index (χ4v) is 1.47. The second-order valence-corrected chi connectivity index (χ2v) is 4.25. The van der Waals surface area contributed by atoms with E-state index < -0.39 is 0 Å². The molecule has 0 fully saturated rings. The van der Waals surface area contributed by atoms with E-state index in [1.165, 1.54) is 6.42 Å². The highest BCUT2D eigenvalue weighted by Gasteiger charge is 2.08. The van der Waals surface area contributed by atoms with Crippen molar-refractivity contribution in [2.45, 2.75) is 33.2 Å². The lowest BCUT2D eigenvalue weighted by Gasteiger charge is -2.14. The lowest BCUT2D eigenvalue weighted by Crippen LogP contribution is -2.23. The SMILES string of the molecule is CC(C)CCNC(C)c1nccn1C. The molecule has 0 aliphatic heterocycles. The summed E-state index contributed by atoms with van der Waals surface area (Å²) < 4.78 is 2.06. The smallest absolute Gasteiger partial charge is 0.125 e. The van der Waals surface area contributed by atoms with E-state index >= 15 is 0 Å². The summed E-state index contributed by atoms with van der Waals surface area (Å²) in [5.41, 5.74) is 0. The van der Waals surface area contributed by atoms with E-state index in [1.54, 1.807) is 0 Å². The molecule has 1 aromatic rings. The van der Waals surface area contributed by atoms with Crippen molar-refractivity contribution in [1.29, 1.82) is 0 Å². The average molecular weight is 195 g/mol. The van der Waals surface area contributed by atoms with Crippen LogP contribution in [0.4, 0.5) is 0 Å². The fraction of sp³-hybridized carbons (Fsp3) is 0.727. The monoisotopic (exact) mass is 195 g/mol. The number of nitrogens with zero attached hydrogens (tertiary/aromatic N) is 2. The Bertz CT molecular complexity index is 265. The predicted molar refractivity (Wildman–Crippen MR) is 59.1 cm³/mol. The Kier molecular flexibility index (Phi) is 4.14. The van der Waals surface area contributed by atoms with Crippen LogP contribution in [0.2, 0.25) is 0 Å². The van der Waals surface area contributed by atoms with E-state index in [2.05, 4.69) is 35.6 Å². The van der Waals surface area contributed by atoms with E-state index in [-0.39, 0.29) is 0 Å². The van der Waals surface area contributed by atoms with E-state index in [9.17, 15) is 0 Å². The van der Waals surface area contributed by atoms with Crippen molar-refractivity contribution in [3.63, 3.8) is 0 Å². The van der Waals surface area contributed by atoms with Crippen molar-refractivity contribution < 1.29 is 0 Å². The molecule has 0 radical (unpaired) electrons. The van der Waals surface area contributed by atoms with Crippen LogP contribution in [-0.2, 0) is 7.05 Å². The summed E-state index contributed by atoms with van der Waals surface area (Å²) in [5.74, 6) is 1.87. The van der Waals surface area contributed by atoms with Crippen LogP contribution in [0, 0.1) is 5.92 Å². The van der Waals surface area contributed by atoms with Gasteiger partial charge in [-0.05, 0) is 25.8 Å². The molecule has 0 aromatic carbocycles. The summed E-state index contributed by atoms with van der Waals surface area (Å²) in [6.07, 6.45) is 5.04. The molecule has 1 heterocycles. The van der Waals surface area contributed by atoms with Crippen molar-refractivity contribution in [2.24, 2.45) is 13.0 Å². The molecule has 0 saturated heterocycles. The Balaban J connectivity index is 2.36. The lowest BCUT2D eigenvalue weighted by molar-refractivity contribution is 0.478. The lowest BCUT2D eigenvalue weighted by atomic mass is 10.1. The maximum absolute atomic E-state index is 4.31. The third-order valence-electron chi connectivity index (χ3n) is 2.42. The van der Waals surface area contributed by atoms with Gasteiger partial charge in [-0.25, -0.2) is 4.98 Å². The van der Waals surface area contributed by atoms with Gasteiger partial charge in [0.1, 0.15) is 5.82 Å². The standard InChI is InChI=1S/C11H21N3/c1-9(2)5-6-12-10(3)11-13-7-8-14(11)4/h7-10,12H,5-6H2,1-4H3. The molecule has 3 nitrogen and oxygen atoms in total. The van der Waals surface area contributed by atoms with E-state index in [4.69, 9.17) is 0 Å². The van der Waals surface area contributed by atoms with Crippen LogP contribution in [0.3, 0.4) is 0 Å². The second kappa shape index (κ2) is 5.15. The van der Waals surface area contributed by atoms with Gasteiger partial charge in [-0.2, -0.15) is 0 Å². The number of aryl methyl sites for hydroxylation is 1. The van der Waals surface area contributed by atoms with Crippen LogP contribution in [0.5, 0.6) is 0 Å². The Labute approximate surface area is 86.5 Å². The maximum atomic E-state index is 4.31. The van der Waals surface area contributed by atoms with Crippen LogP contribution in [0.1, 0.15) is 39.1 Å². The van der Waals surface area contributed by atoms with Gasteiger partial charge in [0.05, 0.1) is 6.04 Å². The van der Waals surface area contributed by atoms with Crippen LogP contribution in [0.25, 0.3) is 0 Å². The van der Waals surface area contributed by atoms with Crippen molar-refractivity contribution in [3.8, 4) is 0 Å². The summed E-state index contributed by atoms with van der Waals surface area (Å²) in [4.78, 5) is 4.31. The summed E-state index contributed by atoms with van der Waals surface area (Å²) in [6, 6.07) is 0.341. The summed E-state index contributed by atoms with van der Waals surface area (Å²) >= 11 is 0. The van der Waals surface area contributed by atoms with Crippen LogP contribution in [0.15, 0.2) is 12.4 Å². The predicted octanol–water partition coefficient (Wildman–Crippen LogP) is 2.12. The van der Waals surface area contributed by atoms with Crippen LogP contribution >= 0.6 is 0 Å². The van der Waals surface area contributed by atoms with Crippen molar-refractivity contribution in [1.82, 2.24) is 14.9 Å². The molecule has 0 aliphatic rings. The highest BCUT2D eigenvalue weighted by Crippen LogP contribution is 2.08. The average Bonchev–Trinajstić information content (AvgIpc) is 2.50. The number of rotatable bonds is 5. The summed E-state index contributed by atoms with van der Waals surface area (Å²) in [5, 5.41) is 3.47. The quantitative estimate of drug-likeness (QED) is 0.780. The van der Waals surface area contributed by atoms with Gasteiger partial charge in [0.15, 0.2) is 0 Å². The molecule has 80 valence electrons. The minimum atomic E-state index is 0.341. The Morgan fingerprint density at radius 2 is 2.14 bits per heavy atom. The second-order valence-electron chi connectivity index (χ2n) is 4.25. The topological polar surface area (TPSA) is 29.9 Å². The number of imidazole rings is 1. The molecule has 0 saturated carbocycles. The summed E-state index contributed by atoms with van der Waals surface area (Å²) in [7, 11) is 2.03. The number of hydrogen-bond donors (Lipinski definition) is 1.